The van der Waals surface area contributed by atoms with Gasteiger partial charge in [0.1, 0.15) is 0 Å². The maximum absolute atomic E-state index is 15.1. The van der Waals surface area contributed by atoms with E-state index in [0.717, 1.165) is 71.7 Å². The number of methoxy groups -OCH3 is 2. The molecule has 262 valence electrons. The summed E-state index contributed by atoms with van der Waals surface area (Å²) in [6.07, 6.45) is 11.2. The van der Waals surface area contributed by atoms with E-state index in [9.17, 15) is 9.59 Å². The van der Waals surface area contributed by atoms with Gasteiger partial charge in [-0.15, -0.1) is 0 Å². The molecule has 2 fully saturated rings. The number of rotatable bonds is 5. The number of hydrogen-bond acceptors (Lipinski definition) is 8. The number of nitrogens with zero attached hydrogens (tertiary/aromatic N) is 2. The van der Waals surface area contributed by atoms with Gasteiger partial charge in [-0.05, 0) is 61.8 Å². The molecule has 7 unspecified atom stereocenters. The lowest BCUT2D eigenvalue weighted by molar-refractivity contribution is -0.138. The second-order valence-electron chi connectivity index (χ2n) is 15.9. The van der Waals surface area contributed by atoms with E-state index < -0.39 is 16.2 Å². The summed E-state index contributed by atoms with van der Waals surface area (Å²) < 4.78 is 10.9. The van der Waals surface area contributed by atoms with Crippen LogP contribution in [-0.4, -0.2) is 73.1 Å². The van der Waals surface area contributed by atoms with Crippen LogP contribution in [0.1, 0.15) is 63.5 Å². The van der Waals surface area contributed by atoms with Gasteiger partial charge in [-0.25, -0.2) is 9.59 Å². The van der Waals surface area contributed by atoms with Crippen molar-refractivity contribution < 1.29 is 23.9 Å². The second-order valence-corrected chi connectivity index (χ2v) is 15.9. The highest BCUT2D eigenvalue weighted by molar-refractivity contribution is 6.00. The number of para-hydroxylation sites is 2. The number of nitrogens with one attached hydrogen (secondary N) is 2. The molecule has 1 amide bonds. The molecule has 0 radical (unpaired) electrons. The number of carbonyl (C=O) groups excluding carboxylic acids is 3. The van der Waals surface area contributed by atoms with Crippen LogP contribution >= 0.6 is 0 Å². The predicted molar refractivity (Wildman–Crippen MR) is 192 cm³/mol. The first-order valence-corrected chi connectivity index (χ1v) is 18.6. The van der Waals surface area contributed by atoms with Gasteiger partial charge in [-0.1, -0.05) is 68.5 Å². The summed E-state index contributed by atoms with van der Waals surface area (Å²) in [4.78, 5) is 47.0. The second kappa shape index (κ2) is 10.2. The van der Waals surface area contributed by atoms with Gasteiger partial charge in [0, 0.05) is 58.3 Å². The number of ether oxygens (including phenoxy) is 2. The van der Waals surface area contributed by atoms with E-state index in [4.69, 9.17) is 9.47 Å². The van der Waals surface area contributed by atoms with Crippen molar-refractivity contribution in [3.8, 4) is 0 Å². The molecule has 0 saturated carbocycles. The summed E-state index contributed by atoms with van der Waals surface area (Å²) >= 11 is 0. The molecule has 51 heavy (non-hydrogen) atoms. The van der Waals surface area contributed by atoms with E-state index in [-0.39, 0.29) is 41.4 Å². The molecule has 6 aliphatic heterocycles. The highest BCUT2D eigenvalue weighted by Crippen LogP contribution is 2.68. The number of benzene rings is 2. The number of carbonyl (C=O) groups is 3. The quantitative estimate of drug-likeness (QED) is 0.305. The van der Waals surface area contributed by atoms with Crippen LogP contribution in [0.2, 0.25) is 0 Å². The van der Waals surface area contributed by atoms with Crippen LogP contribution in [0.5, 0.6) is 0 Å². The van der Waals surface area contributed by atoms with E-state index >= 15 is 4.79 Å². The van der Waals surface area contributed by atoms with Crippen LogP contribution < -0.4 is 10.6 Å². The average Bonchev–Trinajstić information content (AvgIpc) is 3.94. The van der Waals surface area contributed by atoms with E-state index in [1.807, 2.05) is 12.1 Å². The fourth-order valence-electron chi connectivity index (χ4n) is 12.5. The van der Waals surface area contributed by atoms with Crippen molar-refractivity contribution in [1.82, 2.24) is 9.80 Å². The monoisotopic (exact) mass is 684 g/mol. The highest BCUT2D eigenvalue weighted by Gasteiger charge is 2.70. The van der Waals surface area contributed by atoms with Gasteiger partial charge >= 0.3 is 11.9 Å². The first-order valence-electron chi connectivity index (χ1n) is 18.6. The largest absolute Gasteiger partial charge is 0.466 e. The van der Waals surface area contributed by atoms with Crippen LogP contribution in [0.3, 0.4) is 0 Å². The smallest absolute Gasteiger partial charge is 0.335 e. The third kappa shape index (κ3) is 3.49. The van der Waals surface area contributed by atoms with Gasteiger partial charge in [0.2, 0.25) is 0 Å². The molecular formula is C42H44N4O5. The molecule has 0 bridgehead atoms. The van der Waals surface area contributed by atoms with Gasteiger partial charge in [-0.3, -0.25) is 9.69 Å². The lowest BCUT2D eigenvalue weighted by Gasteiger charge is -2.57. The number of fused-ring (bicyclic) bond motifs is 2. The third-order valence-corrected chi connectivity index (χ3v) is 14.4. The Morgan fingerprint density at radius 1 is 0.784 bits per heavy atom. The minimum atomic E-state index is -0.504. The third-order valence-electron chi connectivity index (χ3n) is 14.4. The Labute approximate surface area is 298 Å². The summed E-state index contributed by atoms with van der Waals surface area (Å²) in [5.41, 5.74) is 6.82. The molecular weight excluding hydrogens is 640 g/mol. The van der Waals surface area contributed by atoms with Crippen molar-refractivity contribution in [3.05, 3.63) is 106 Å². The maximum Gasteiger partial charge on any atom is 0.335 e. The van der Waals surface area contributed by atoms with Crippen LogP contribution in [0.4, 0.5) is 11.4 Å². The summed E-state index contributed by atoms with van der Waals surface area (Å²) in [6.45, 7) is 5.83. The number of hydrogen-bond donors (Lipinski definition) is 2. The van der Waals surface area contributed by atoms with Crippen molar-refractivity contribution in [2.45, 2.75) is 81.3 Å². The Hall–Kier alpha value is -4.63. The Morgan fingerprint density at radius 2 is 1.33 bits per heavy atom. The Morgan fingerprint density at radius 3 is 1.92 bits per heavy atom. The first-order chi connectivity index (χ1) is 24.7. The topological polar surface area (TPSA) is 100 Å². The van der Waals surface area contributed by atoms with Crippen molar-refractivity contribution in [2.75, 3.05) is 37.9 Å². The zero-order valence-electron chi connectivity index (χ0n) is 29.7. The molecule has 10 rings (SSSR count). The minimum Gasteiger partial charge on any atom is -0.466 e. The van der Waals surface area contributed by atoms with Crippen molar-refractivity contribution in [3.63, 3.8) is 0 Å². The van der Waals surface area contributed by atoms with Gasteiger partial charge in [0.05, 0.1) is 48.3 Å². The van der Waals surface area contributed by atoms with E-state index in [1.165, 1.54) is 19.8 Å². The van der Waals surface area contributed by atoms with Crippen molar-refractivity contribution in [2.24, 2.45) is 10.8 Å². The molecule has 9 heteroatoms. The molecule has 2 aromatic carbocycles. The van der Waals surface area contributed by atoms with Gasteiger partial charge in [0.25, 0.3) is 5.91 Å². The lowest BCUT2D eigenvalue weighted by atomic mass is 9.53. The normalized spacial score (nSPS) is 36.3. The summed E-state index contributed by atoms with van der Waals surface area (Å²) in [5, 5.41) is 7.35. The summed E-state index contributed by atoms with van der Waals surface area (Å²) in [7, 11) is 2.94. The standard InChI is InChI=1S/C42H44N4O5/c1-5-39-16-15-31(45-19-17-41(37(39)45)27-11-7-9-13-29(27)43-32(41)25(22-39)35(48)50-3)24-21-40(6-2)23-26(36(49)51-4)33-42(18-20-46(34(24)47)38(40)42)28-12-8-10-14-30(28)44-33/h7-16,21,31,37-38,43-44H,5-6,17-20,22-23H2,1-4H3. The molecule has 7 atom stereocenters. The summed E-state index contributed by atoms with van der Waals surface area (Å²) in [5.74, 6) is -0.482. The molecule has 2 spiro atoms. The zero-order valence-corrected chi connectivity index (χ0v) is 29.7. The van der Waals surface area contributed by atoms with Crippen molar-refractivity contribution >= 4 is 29.2 Å². The fraction of sp³-hybridized carbons (Fsp3) is 0.452. The van der Waals surface area contributed by atoms with Gasteiger partial charge in [0.15, 0.2) is 0 Å². The van der Waals surface area contributed by atoms with E-state index in [2.05, 4.69) is 88.9 Å². The van der Waals surface area contributed by atoms with E-state index in [1.54, 1.807) is 0 Å². The predicted octanol–water partition coefficient (Wildman–Crippen LogP) is 5.72. The van der Waals surface area contributed by atoms with Crippen LogP contribution in [0.25, 0.3) is 0 Å². The maximum atomic E-state index is 15.1. The van der Waals surface area contributed by atoms with Gasteiger partial charge < -0.3 is 25.0 Å². The summed E-state index contributed by atoms with van der Waals surface area (Å²) in [6, 6.07) is 16.5. The fourth-order valence-corrected chi connectivity index (χ4v) is 12.5. The Balaban J connectivity index is 1.15. The number of esters is 2. The molecule has 2 N–H and O–H groups in total. The molecule has 9 nitrogen and oxygen atoms in total. The molecule has 2 saturated heterocycles. The Bertz CT molecular complexity index is 2100. The molecule has 0 aromatic heterocycles. The number of anilines is 2. The molecule has 8 aliphatic rings. The zero-order chi connectivity index (χ0) is 35.1. The Kier molecular flexibility index (Phi) is 6.25. The molecule has 2 aliphatic carbocycles. The van der Waals surface area contributed by atoms with Crippen LogP contribution in [0.15, 0.2) is 94.9 Å². The lowest BCUT2D eigenvalue weighted by Crippen LogP contribution is -2.64. The molecule has 2 aromatic rings. The minimum absolute atomic E-state index is 0.0351. The highest BCUT2D eigenvalue weighted by atomic mass is 16.5. The average molecular weight is 685 g/mol. The SMILES string of the molecule is CCC12C=C(C3C=CC4(CC)CC(C(=O)OC)=C5Nc6ccccc6C56CCN3C46)C(=O)N3CCC4(C(=C(C(=O)OC)C1)Nc1ccccc14)C32. The van der Waals surface area contributed by atoms with Crippen LogP contribution in [-0.2, 0) is 34.7 Å². The number of amides is 1. The van der Waals surface area contributed by atoms with Crippen LogP contribution in [0, 0.1) is 10.8 Å². The first kappa shape index (κ1) is 31.1. The van der Waals surface area contributed by atoms with Crippen molar-refractivity contribution in [1.29, 1.82) is 0 Å². The van der Waals surface area contributed by atoms with E-state index in [0.29, 0.717) is 25.0 Å². The molecule has 6 heterocycles. The van der Waals surface area contributed by atoms with Gasteiger partial charge in [-0.2, -0.15) is 0 Å².